The van der Waals surface area contributed by atoms with Gasteiger partial charge in [0.2, 0.25) is 0 Å². The van der Waals surface area contributed by atoms with Crippen molar-refractivity contribution in [1.82, 2.24) is 10.3 Å². The van der Waals surface area contributed by atoms with Crippen molar-refractivity contribution in [3.63, 3.8) is 0 Å². The first-order chi connectivity index (χ1) is 9.11. The van der Waals surface area contributed by atoms with Crippen LogP contribution < -0.4 is 10.2 Å². The van der Waals surface area contributed by atoms with Crippen LogP contribution in [0.5, 0.6) is 0 Å². The van der Waals surface area contributed by atoms with E-state index < -0.39 is 0 Å². The molecule has 2 aromatic rings. The van der Waals surface area contributed by atoms with Gasteiger partial charge >= 0.3 is 0 Å². The zero-order valence-electron chi connectivity index (χ0n) is 11.9. The second kappa shape index (κ2) is 5.85. The molecule has 0 aliphatic heterocycles. The maximum atomic E-state index is 4.73. The van der Waals surface area contributed by atoms with Crippen molar-refractivity contribution in [2.45, 2.75) is 13.5 Å². The minimum atomic E-state index is 0.824. The Morgan fingerprint density at radius 2 is 2.11 bits per heavy atom. The van der Waals surface area contributed by atoms with E-state index in [-0.39, 0.29) is 0 Å². The molecular weight excluding hydrogens is 234 g/mol. The van der Waals surface area contributed by atoms with E-state index in [4.69, 9.17) is 4.98 Å². The van der Waals surface area contributed by atoms with E-state index in [9.17, 15) is 0 Å². The van der Waals surface area contributed by atoms with Crippen LogP contribution in [0.3, 0.4) is 0 Å². The van der Waals surface area contributed by atoms with Gasteiger partial charge in [-0.2, -0.15) is 0 Å². The minimum absolute atomic E-state index is 0.824. The van der Waals surface area contributed by atoms with Gasteiger partial charge in [-0.3, -0.25) is 0 Å². The minimum Gasteiger partial charge on any atom is -0.356 e. The molecule has 0 aliphatic rings. The van der Waals surface area contributed by atoms with Crippen molar-refractivity contribution in [2.24, 2.45) is 0 Å². The highest BCUT2D eigenvalue weighted by atomic mass is 15.2. The summed E-state index contributed by atoms with van der Waals surface area (Å²) in [5.41, 5.74) is 3.45. The SMILES string of the molecule is C=C(C)CN(C)c1cc(CNC)c2ccccc2n1. The summed E-state index contributed by atoms with van der Waals surface area (Å²) in [7, 11) is 4.02. The molecule has 0 saturated heterocycles. The number of nitrogens with one attached hydrogen (secondary N) is 1. The number of benzene rings is 1. The fourth-order valence-corrected chi connectivity index (χ4v) is 2.25. The summed E-state index contributed by atoms with van der Waals surface area (Å²) >= 11 is 0. The molecule has 0 unspecified atom stereocenters. The van der Waals surface area contributed by atoms with E-state index >= 15 is 0 Å². The van der Waals surface area contributed by atoms with Crippen LogP contribution in [0.2, 0.25) is 0 Å². The Hall–Kier alpha value is -1.87. The summed E-state index contributed by atoms with van der Waals surface area (Å²) in [5, 5.41) is 4.43. The molecule has 100 valence electrons. The van der Waals surface area contributed by atoms with Gasteiger partial charge in [-0.05, 0) is 31.7 Å². The van der Waals surface area contributed by atoms with E-state index in [0.717, 1.165) is 30.0 Å². The second-order valence-electron chi connectivity index (χ2n) is 5.00. The Bertz CT molecular complexity index is 590. The number of anilines is 1. The van der Waals surface area contributed by atoms with Gasteiger partial charge in [0.25, 0.3) is 0 Å². The fraction of sp³-hybridized carbons (Fsp3) is 0.312. The number of hydrogen-bond donors (Lipinski definition) is 1. The summed E-state index contributed by atoms with van der Waals surface area (Å²) in [6, 6.07) is 10.4. The molecule has 3 nitrogen and oxygen atoms in total. The van der Waals surface area contributed by atoms with Crippen LogP contribution in [-0.2, 0) is 6.54 Å². The predicted octanol–water partition coefficient (Wildman–Crippen LogP) is 2.97. The van der Waals surface area contributed by atoms with Gasteiger partial charge in [0.1, 0.15) is 5.82 Å². The largest absolute Gasteiger partial charge is 0.356 e. The zero-order chi connectivity index (χ0) is 13.8. The average molecular weight is 255 g/mol. The standard InChI is InChI=1S/C16H21N3/c1-12(2)11-19(4)16-9-13(10-17-3)14-7-5-6-8-15(14)18-16/h5-9,17H,1,10-11H2,2-4H3. The lowest BCUT2D eigenvalue weighted by atomic mass is 10.1. The molecule has 1 heterocycles. The molecule has 0 saturated carbocycles. The van der Waals surface area contributed by atoms with E-state index in [1.54, 1.807) is 0 Å². The van der Waals surface area contributed by atoms with Crippen molar-refractivity contribution in [2.75, 3.05) is 25.5 Å². The molecule has 3 heteroatoms. The predicted molar refractivity (Wildman–Crippen MR) is 82.6 cm³/mol. The third-order valence-corrected chi connectivity index (χ3v) is 3.05. The summed E-state index contributed by atoms with van der Waals surface area (Å²) in [4.78, 5) is 6.86. The van der Waals surface area contributed by atoms with Gasteiger partial charge in [0.05, 0.1) is 5.52 Å². The van der Waals surface area contributed by atoms with Gasteiger partial charge < -0.3 is 10.2 Å². The first-order valence-electron chi connectivity index (χ1n) is 6.50. The van der Waals surface area contributed by atoms with Gasteiger partial charge in [0, 0.05) is 25.5 Å². The van der Waals surface area contributed by atoms with Crippen LogP contribution >= 0.6 is 0 Å². The maximum Gasteiger partial charge on any atom is 0.129 e. The average Bonchev–Trinajstić information content (AvgIpc) is 2.38. The van der Waals surface area contributed by atoms with Gasteiger partial charge in [-0.1, -0.05) is 30.4 Å². The first kappa shape index (κ1) is 13.6. The van der Waals surface area contributed by atoms with Crippen molar-refractivity contribution in [3.8, 4) is 0 Å². The lowest BCUT2D eigenvalue weighted by Crippen LogP contribution is -2.20. The van der Waals surface area contributed by atoms with Gasteiger partial charge in [0.15, 0.2) is 0 Å². The monoisotopic (exact) mass is 255 g/mol. The van der Waals surface area contributed by atoms with E-state index in [2.05, 4.69) is 48.1 Å². The summed E-state index contributed by atoms with van der Waals surface area (Å²) in [5.74, 6) is 0.993. The lowest BCUT2D eigenvalue weighted by Gasteiger charge is -2.20. The van der Waals surface area contributed by atoms with Crippen LogP contribution in [0.1, 0.15) is 12.5 Å². The highest BCUT2D eigenvalue weighted by Crippen LogP contribution is 2.22. The Labute approximate surface area is 115 Å². The number of rotatable bonds is 5. The Balaban J connectivity index is 2.48. The molecule has 0 spiro atoms. The molecule has 0 radical (unpaired) electrons. The van der Waals surface area contributed by atoms with Crippen LogP contribution in [-0.4, -0.2) is 25.6 Å². The molecule has 0 fully saturated rings. The van der Waals surface area contributed by atoms with Crippen LogP contribution in [0, 0.1) is 0 Å². The van der Waals surface area contributed by atoms with Crippen LogP contribution in [0.15, 0.2) is 42.5 Å². The number of nitrogens with zero attached hydrogens (tertiary/aromatic N) is 2. The highest BCUT2D eigenvalue weighted by Gasteiger charge is 2.08. The van der Waals surface area contributed by atoms with Crippen LogP contribution in [0.4, 0.5) is 5.82 Å². The van der Waals surface area contributed by atoms with Crippen LogP contribution in [0.25, 0.3) is 10.9 Å². The Morgan fingerprint density at radius 3 is 2.79 bits per heavy atom. The molecule has 19 heavy (non-hydrogen) atoms. The van der Waals surface area contributed by atoms with E-state index in [0.29, 0.717) is 0 Å². The topological polar surface area (TPSA) is 28.2 Å². The first-order valence-corrected chi connectivity index (χ1v) is 6.50. The number of hydrogen-bond acceptors (Lipinski definition) is 3. The number of aromatic nitrogens is 1. The summed E-state index contributed by atoms with van der Waals surface area (Å²) in [6.45, 7) is 7.66. The molecule has 0 bridgehead atoms. The fourth-order valence-electron chi connectivity index (χ4n) is 2.25. The molecule has 1 N–H and O–H groups in total. The van der Waals surface area contributed by atoms with Gasteiger partial charge in [-0.25, -0.2) is 4.98 Å². The smallest absolute Gasteiger partial charge is 0.129 e. The molecule has 1 aromatic heterocycles. The Morgan fingerprint density at radius 1 is 1.37 bits per heavy atom. The molecule has 0 aliphatic carbocycles. The lowest BCUT2D eigenvalue weighted by molar-refractivity contribution is 0.821. The van der Waals surface area contributed by atoms with Crippen molar-refractivity contribution in [1.29, 1.82) is 0 Å². The maximum absolute atomic E-state index is 4.73. The molecular formula is C16H21N3. The zero-order valence-corrected chi connectivity index (χ0v) is 11.9. The van der Waals surface area contributed by atoms with Crippen molar-refractivity contribution < 1.29 is 0 Å². The molecule has 2 rings (SSSR count). The van der Waals surface area contributed by atoms with E-state index in [1.165, 1.54) is 10.9 Å². The number of pyridine rings is 1. The highest BCUT2D eigenvalue weighted by molar-refractivity contribution is 5.84. The number of fused-ring (bicyclic) bond motifs is 1. The second-order valence-corrected chi connectivity index (χ2v) is 5.00. The number of para-hydroxylation sites is 1. The summed E-state index contributed by atoms with van der Waals surface area (Å²) in [6.07, 6.45) is 0. The van der Waals surface area contributed by atoms with Crippen molar-refractivity contribution in [3.05, 3.63) is 48.0 Å². The summed E-state index contributed by atoms with van der Waals surface area (Å²) < 4.78 is 0. The quantitative estimate of drug-likeness (QED) is 0.833. The molecule has 1 aromatic carbocycles. The molecule has 0 amide bonds. The normalized spacial score (nSPS) is 10.7. The third-order valence-electron chi connectivity index (χ3n) is 3.05. The third kappa shape index (κ3) is 3.12. The molecule has 0 atom stereocenters. The van der Waals surface area contributed by atoms with Crippen molar-refractivity contribution >= 4 is 16.7 Å². The van der Waals surface area contributed by atoms with Gasteiger partial charge in [-0.15, -0.1) is 0 Å². The van der Waals surface area contributed by atoms with E-state index in [1.807, 2.05) is 20.0 Å². The Kier molecular flexibility index (Phi) is 4.17. The number of likely N-dealkylation sites (N-methyl/N-ethyl adjacent to an activating group) is 1.